The standard InChI is InChI=1S/C18H13N3O5/c1-12(22)13-3-2-4-17(9-13)26-18(23)14-10-19-20(11-14)15-5-7-16(8-6-15)21(24)25/h2-11H,1H3. The number of aromatic nitrogens is 2. The van der Waals surface area contributed by atoms with E-state index >= 15 is 0 Å². The van der Waals surface area contributed by atoms with Crippen LogP contribution in [0.4, 0.5) is 5.69 Å². The third-order valence-electron chi connectivity index (χ3n) is 3.59. The molecule has 0 saturated carbocycles. The number of benzene rings is 2. The Bertz CT molecular complexity index is 992. The molecule has 0 saturated heterocycles. The van der Waals surface area contributed by atoms with Crippen molar-refractivity contribution in [2.75, 3.05) is 0 Å². The number of esters is 1. The molecular formula is C18H13N3O5. The van der Waals surface area contributed by atoms with Crippen LogP contribution in [-0.2, 0) is 0 Å². The largest absolute Gasteiger partial charge is 0.423 e. The SMILES string of the molecule is CC(=O)c1cccc(OC(=O)c2cnn(-c3ccc([N+](=O)[O-])cc3)c2)c1. The van der Waals surface area contributed by atoms with E-state index in [1.165, 1.54) is 54.3 Å². The Kier molecular flexibility index (Phi) is 4.57. The van der Waals surface area contributed by atoms with Crippen molar-refractivity contribution >= 4 is 17.4 Å². The van der Waals surface area contributed by atoms with Crippen LogP contribution in [0.5, 0.6) is 5.75 Å². The summed E-state index contributed by atoms with van der Waals surface area (Å²) in [5.41, 5.74) is 1.17. The maximum absolute atomic E-state index is 12.2. The molecule has 26 heavy (non-hydrogen) atoms. The normalized spacial score (nSPS) is 10.3. The van der Waals surface area contributed by atoms with Gasteiger partial charge in [0, 0.05) is 23.9 Å². The molecule has 8 heteroatoms. The van der Waals surface area contributed by atoms with Gasteiger partial charge in [-0.3, -0.25) is 14.9 Å². The van der Waals surface area contributed by atoms with E-state index in [0.29, 0.717) is 11.3 Å². The van der Waals surface area contributed by atoms with Crippen molar-refractivity contribution in [1.82, 2.24) is 9.78 Å². The Morgan fingerprint density at radius 2 is 1.85 bits per heavy atom. The Hall–Kier alpha value is -3.81. The number of rotatable bonds is 5. The molecule has 3 aromatic rings. The molecule has 0 aliphatic heterocycles. The minimum absolute atomic E-state index is 0.0362. The van der Waals surface area contributed by atoms with Gasteiger partial charge in [-0.1, -0.05) is 12.1 Å². The predicted octanol–water partition coefficient (Wildman–Crippen LogP) is 3.20. The fraction of sp³-hybridized carbons (Fsp3) is 0.0556. The highest BCUT2D eigenvalue weighted by Crippen LogP contribution is 2.18. The quantitative estimate of drug-likeness (QED) is 0.230. The van der Waals surface area contributed by atoms with E-state index in [2.05, 4.69) is 5.10 Å². The Morgan fingerprint density at radius 3 is 2.50 bits per heavy atom. The molecule has 0 amide bonds. The third-order valence-corrected chi connectivity index (χ3v) is 3.59. The zero-order chi connectivity index (χ0) is 18.7. The summed E-state index contributed by atoms with van der Waals surface area (Å²) >= 11 is 0. The number of ether oxygens (including phenoxy) is 1. The highest BCUT2D eigenvalue weighted by atomic mass is 16.6. The number of Topliss-reactive ketones (excluding diaryl/α,β-unsaturated/α-hetero) is 1. The summed E-state index contributed by atoms with van der Waals surface area (Å²) in [7, 11) is 0. The first kappa shape index (κ1) is 17.0. The summed E-state index contributed by atoms with van der Waals surface area (Å²) in [5.74, 6) is -0.501. The summed E-state index contributed by atoms with van der Waals surface area (Å²) in [6.45, 7) is 1.43. The van der Waals surface area contributed by atoms with Crippen molar-refractivity contribution in [2.24, 2.45) is 0 Å². The van der Waals surface area contributed by atoms with Crippen molar-refractivity contribution in [3.05, 3.63) is 82.2 Å². The van der Waals surface area contributed by atoms with Crippen molar-refractivity contribution in [1.29, 1.82) is 0 Å². The molecule has 0 fully saturated rings. The van der Waals surface area contributed by atoms with Crippen molar-refractivity contribution < 1.29 is 19.2 Å². The van der Waals surface area contributed by atoms with Gasteiger partial charge in [0.1, 0.15) is 5.75 Å². The number of non-ortho nitro benzene ring substituents is 1. The van der Waals surface area contributed by atoms with Crippen LogP contribution in [0, 0.1) is 10.1 Å². The van der Waals surface area contributed by atoms with Crippen LogP contribution in [0.3, 0.4) is 0 Å². The number of nitrogens with zero attached hydrogens (tertiary/aromatic N) is 3. The molecule has 0 N–H and O–H groups in total. The first-order chi connectivity index (χ1) is 12.4. The first-order valence-electron chi connectivity index (χ1n) is 7.57. The van der Waals surface area contributed by atoms with Crippen LogP contribution in [-0.4, -0.2) is 26.5 Å². The number of nitro groups is 1. The predicted molar refractivity (Wildman–Crippen MR) is 91.6 cm³/mol. The van der Waals surface area contributed by atoms with Gasteiger partial charge in [-0.15, -0.1) is 0 Å². The van der Waals surface area contributed by atoms with Gasteiger partial charge in [0.2, 0.25) is 0 Å². The lowest BCUT2D eigenvalue weighted by atomic mass is 10.1. The molecule has 0 aliphatic rings. The number of hydrogen-bond acceptors (Lipinski definition) is 6. The second-order valence-electron chi connectivity index (χ2n) is 5.42. The number of ketones is 1. The summed E-state index contributed by atoms with van der Waals surface area (Å²) in [6.07, 6.45) is 2.79. The maximum atomic E-state index is 12.2. The third kappa shape index (κ3) is 3.64. The number of hydrogen-bond donors (Lipinski definition) is 0. The second kappa shape index (κ2) is 6.98. The molecule has 1 heterocycles. The van der Waals surface area contributed by atoms with Crippen LogP contribution in [0.15, 0.2) is 60.9 Å². The zero-order valence-corrected chi connectivity index (χ0v) is 13.7. The molecule has 8 nitrogen and oxygen atoms in total. The average Bonchev–Trinajstić information content (AvgIpc) is 3.12. The van der Waals surface area contributed by atoms with Gasteiger partial charge in [0.05, 0.1) is 22.4 Å². The van der Waals surface area contributed by atoms with Gasteiger partial charge in [-0.25, -0.2) is 9.48 Å². The molecule has 0 unspecified atom stereocenters. The monoisotopic (exact) mass is 351 g/mol. The van der Waals surface area contributed by atoms with E-state index in [1.807, 2.05) is 0 Å². The van der Waals surface area contributed by atoms with Gasteiger partial charge in [-0.05, 0) is 31.2 Å². The summed E-state index contributed by atoms with van der Waals surface area (Å²) in [6, 6.07) is 12.1. The highest BCUT2D eigenvalue weighted by Gasteiger charge is 2.13. The maximum Gasteiger partial charge on any atom is 0.346 e. The van der Waals surface area contributed by atoms with Crippen LogP contribution in [0.25, 0.3) is 5.69 Å². The highest BCUT2D eigenvalue weighted by molar-refractivity contribution is 5.95. The molecular weight excluding hydrogens is 338 g/mol. The van der Waals surface area contributed by atoms with Crippen molar-refractivity contribution in [3.8, 4) is 11.4 Å². The fourth-order valence-corrected chi connectivity index (χ4v) is 2.24. The number of nitro benzene ring substituents is 1. The second-order valence-corrected chi connectivity index (χ2v) is 5.42. The Balaban J connectivity index is 1.76. The molecule has 0 spiro atoms. The molecule has 3 rings (SSSR count). The Morgan fingerprint density at radius 1 is 1.12 bits per heavy atom. The molecule has 1 aromatic heterocycles. The van der Waals surface area contributed by atoms with E-state index in [-0.39, 0.29) is 22.8 Å². The molecule has 0 atom stereocenters. The van der Waals surface area contributed by atoms with E-state index in [0.717, 1.165) is 0 Å². The van der Waals surface area contributed by atoms with Gasteiger partial charge in [0.15, 0.2) is 5.78 Å². The van der Waals surface area contributed by atoms with Crippen LogP contribution >= 0.6 is 0 Å². The summed E-state index contributed by atoms with van der Waals surface area (Å²) in [4.78, 5) is 33.8. The molecule has 0 bridgehead atoms. The van der Waals surface area contributed by atoms with Crippen molar-refractivity contribution in [2.45, 2.75) is 6.92 Å². The van der Waals surface area contributed by atoms with Crippen molar-refractivity contribution in [3.63, 3.8) is 0 Å². The van der Waals surface area contributed by atoms with E-state index in [9.17, 15) is 19.7 Å². The minimum atomic E-state index is -0.626. The topological polar surface area (TPSA) is 104 Å². The van der Waals surface area contributed by atoms with Crippen LogP contribution in [0.2, 0.25) is 0 Å². The molecule has 0 radical (unpaired) electrons. The van der Waals surface area contributed by atoms with E-state index in [4.69, 9.17) is 4.74 Å². The minimum Gasteiger partial charge on any atom is -0.423 e. The van der Waals surface area contributed by atoms with Gasteiger partial charge >= 0.3 is 5.97 Å². The number of carbonyl (C=O) groups is 2. The smallest absolute Gasteiger partial charge is 0.346 e. The van der Waals surface area contributed by atoms with Gasteiger partial charge < -0.3 is 4.74 Å². The zero-order valence-electron chi connectivity index (χ0n) is 13.7. The molecule has 0 aliphatic carbocycles. The molecule has 130 valence electrons. The lowest BCUT2D eigenvalue weighted by Gasteiger charge is -2.04. The molecule has 2 aromatic carbocycles. The van der Waals surface area contributed by atoms with E-state index in [1.54, 1.807) is 18.2 Å². The lowest BCUT2D eigenvalue weighted by Crippen LogP contribution is -2.08. The summed E-state index contributed by atoms with van der Waals surface area (Å²) < 4.78 is 6.67. The van der Waals surface area contributed by atoms with Gasteiger partial charge in [0.25, 0.3) is 5.69 Å². The van der Waals surface area contributed by atoms with Crippen LogP contribution in [0.1, 0.15) is 27.6 Å². The van der Waals surface area contributed by atoms with E-state index < -0.39 is 10.9 Å². The Labute approximate surface area is 147 Å². The average molecular weight is 351 g/mol. The number of carbonyl (C=O) groups excluding carboxylic acids is 2. The first-order valence-corrected chi connectivity index (χ1v) is 7.57. The van der Waals surface area contributed by atoms with Gasteiger partial charge in [-0.2, -0.15) is 5.10 Å². The summed E-state index contributed by atoms with van der Waals surface area (Å²) in [5, 5.41) is 14.7. The lowest BCUT2D eigenvalue weighted by molar-refractivity contribution is -0.384. The van der Waals surface area contributed by atoms with Crippen LogP contribution < -0.4 is 4.74 Å². The fourth-order valence-electron chi connectivity index (χ4n) is 2.24.